The summed E-state index contributed by atoms with van der Waals surface area (Å²) in [6, 6.07) is 8.28. The summed E-state index contributed by atoms with van der Waals surface area (Å²) >= 11 is 3.57. The predicted octanol–water partition coefficient (Wildman–Crippen LogP) is 2.66. The Balaban J connectivity index is 2.13. The van der Waals surface area contributed by atoms with E-state index < -0.39 is 0 Å². The van der Waals surface area contributed by atoms with Crippen LogP contribution in [-0.4, -0.2) is 24.8 Å². The Kier molecular flexibility index (Phi) is 3.65. The Hall–Kier alpha value is -0.540. The van der Waals surface area contributed by atoms with E-state index in [0.29, 0.717) is 12.5 Å². The van der Waals surface area contributed by atoms with Gasteiger partial charge in [0.15, 0.2) is 0 Å². The van der Waals surface area contributed by atoms with Gasteiger partial charge in [-0.1, -0.05) is 12.1 Å². The minimum Gasteiger partial charge on any atom is -0.396 e. The molecule has 1 aromatic carbocycles. The van der Waals surface area contributed by atoms with E-state index in [1.165, 1.54) is 12.1 Å². The molecule has 0 aliphatic carbocycles. The lowest BCUT2D eigenvalue weighted by Crippen LogP contribution is -2.36. The number of aliphatic hydroxyl groups is 1. The first-order valence-electron chi connectivity index (χ1n) is 5.41. The van der Waals surface area contributed by atoms with E-state index in [4.69, 9.17) is 0 Å². The van der Waals surface area contributed by atoms with Crippen LogP contribution in [0.3, 0.4) is 0 Å². The van der Waals surface area contributed by atoms with Gasteiger partial charge in [0.1, 0.15) is 0 Å². The van der Waals surface area contributed by atoms with Crippen LogP contribution in [0.2, 0.25) is 0 Å². The van der Waals surface area contributed by atoms with Crippen molar-refractivity contribution in [3.8, 4) is 0 Å². The smallest absolute Gasteiger partial charge is 0.0510 e. The Morgan fingerprint density at radius 3 is 2.93 bits per heavy atom. The average molecular weight is 270 g/mol. The van der Waals surface area contributed by atoms with E-state index in [0.717, 1.165) is 24.0 Å². The van der Waals surface area contributed by atoms with E-state index >= 15 is 0 Å². The molecule has 1 N–H and O–H groups in total. The average Bonchev–Trinajstić information content (AvgIpc) is 2.30. The van der Waals surface area contributed by atoms with Crippen LogP contribution >= 0.6 is 15.9 Å². The van der Waals surface area contributed by atoms with E-state index in [1.807, 2.05) is 6.07 Å². The molecule has 82 valence electrons. The van der Waals surface area contributed by atoms with Gasteiger partial charge >= 0.3 is 0 Å². The second kappa shape index (κ2) is 4.99. The molecular weight excluding hydrogens is 254 g/mol. The number of anilines is 1. The first-order chi connectivity index (χ1) is 7.31. The largest absolute Gasteiger partial charge is 0.396 e. The fourth-order valence-corrected chi connectivity index (χ4v) is 2.68. The van der Waals surface area contributed by atoms with Crippen LogP contribution < -0.4 is 4.90 Å². The minimum atomic E-state index is 0.307. The number of hydrogen-bond acceptors (Lipinski definition) is 2. The van der Waals surface area contributed by atoms with E-state index in [9.17, 15) is 5.11 Å². The van der Waals surface area contributed by atoms with Crippen molar-refractivity contribution >= 4 is 21.6 Å². The van der Waals surface area contributed by atoms with E-state index in [1.54, 1.807) is 0 Å². The van der Waals surface area contributed by atoms with Crippen molar-refractivity contribution in [2.45, 2.75) is 12.8 Å². The van der Waals surface area contributed by atoms with Gasteiger partial charge < -0.3 is 10.0 Å². The van der Waals surface area contributed by atoms with E-state index in [-0.39, 0.29) is 0 Å². The molecule has 0 aromatic heterocycles. The van der Waals surface area contributed by atoms with Crippen LogP contribution in [0.25, 0.3) is 0 Å². The number of hydrogen-bond donors (Lipinski definition) is 1. The maximum absolute atomic E-state index is 9.19. The van der Waals surface area contributed by atoms with Crippen LogP contribution in [0.5, 0.6) is 0 Å². The standard InChI is InChI=1S/C12H16BrNO/c13-11-5-1-2-6-12(11)14-7-3-4-10(8-14)9-15/h1-2,5-6,10,15H,3-4,7-9H2. The molecule has 1 saturated heterocycles. The molecule has 1 heterocycles. The molecule has 0 spiro atoms. The lowest BCUT2D eigenvalue weighted by molar-refractivity contribution is 0.208. The highest BCUT2D eigenvalue weighted by atomic mass is 79.9. The molecule has 15 heavy (non-hydrogen) atoms. The summed E-state index contributed by atoms with van der Waals surface area (Å²) in [5.74, 6) is 0.436. The van der Waals surface area contributed by atoms with Gasteiger partial charge in [0.25, 0.3) is 0 Å². The van der Waals surface area contributed by atoms with Crippen LogP contribution in [0.15, 0.2) is 28.7 Å². The predicted molar refractivity (Wildman–Crippen MR) is 66.2 cm³/mol. The van der Waals surface area contributed by atoms with Crippen molar-refractivity contribution < 1.29 is 5.11 Å². The molecule has 0 bridgehead atoms. The van der Waals surface area contributed by atoms with Crippen LogP contribution in [0.1, 0.15) is 12.8 Å². The van der Waals surface area contributed by atoms with Crippen molar-refractivity contribution in [2.75, 3.05) is 24.6 Å². The van der Waals surface area contributed by atoms with Gasteiger partial charge in [-0.2, -0.15) is 0 Å². The molecule has 1 fully saturated rings. The fraction of sp³-hybridized carbons (Fsp3) is 0.500. The molecule has 1 aromatic rings. The molecule has 2 nitrogen and oxygen atoms in total. The monoisotopic (exact) mass is 269 g/mol. The van der Waals surface area contributed by atoms with Gasteiger partial charge in [0.2, 0.25) is 0 Å². The summed E-state index contributed by atoms with van der Waals surface area (Å²) in [6.45, 7) is 2.37. The Bertz CT molecular complexity index is 329. The molecule has 3 heteroatoms. The minimum absolute atomic E-state index is 0.307. The molecule has 1 atom stereocenters. The molecule has 0 radical (unpaired) electrons. The van der Waals surface area contributed by atoms with Crippen molar-refractivity contribution in [2.24, 2.45) is 5.92 Å². The van der Waals surface area contributed by atoms with Crippen molar-refractivity contribution in [1.82, 2.24) is 0 Å². The maximum Gasteiger partial charge on any atom is 0.0510 e. The van der Waals surface area contributed by atoms with Crippen molar-refractivity contribution in [3.05, 3.63) is 28.7 Å². The Labute approximate surface area is 99.0 Å². The second-order valence-corrected chi connectivity index (χ2v) is 4.94. The van der Waals surface area contributed by atoms with E-state index in [2.05, 4.69) is 39.0 Å². The quantitative estimate of drug-likeness (QED) is 0.893. The Morgan fingerprint density at radius 2 is 2.20 bits per heavy atom. The van der Waals surface area contributed by atoms with Crippen LogP contribution in [0, 0.1) is 5.92 Å². The van der Waals surface area contributed by atoms with Gasteiger partial charge in [-0.25, -0.2) is 0 Å². The highest BCUT2D eigenvalue weighted by Gasteiger charge is 2.20. The third-order valence-corrected chi connectivity index (χ3v) is 3.64. The fourth-order valence-electron chi connectivity index (χ4n) is 2.14. The molecule has 1 unspecified atom stereocenters. The van der Waals surface area contributed by atoms with Gasteiger partial charge in [-0.3, -0.25) is 0 Å². The first kappa shape index (κ1) is 11.0. The number of para-hydroxylation sites is 1. The highest BCUT2D eigenvalue weighted by Crippen LogP contribution is 2.29. The summed E-state index contributed by atoms with van der Waals surface area (Å²) < 4.78 is 1.14. The maximum atomic E-state index is 9.19. The highest BCUT2D eigenvalue weighted by molar-refractivity contribution is 9.10. The number of nitrogens with zero attached hydrogens (tertiary/aromatic N) is 1. The normalized spacial score (nSPS) is 21.7. The topological polar surface area (TPSA) is 23.5 Å². The van der Waals surface area contributed by atoms with Gasteiger partial charge in [0.05, 0.1) is 5.69 Å². The summed E-state index contributed by atoms with van der Waals surface area (Å²) in [7, 11) is 0. The van der Waals surface area contributed by atoms with Crippen LogP contribution in [0.4, 0.5) is 5.69 Å². The molecule has 1 aliphatic heterocycles. The first-order valence-corrected chi connectivity index (χ1v) is 6.21. The van der Waals surface area contributed by atoms with Gasteiger partial charge in [0, 0.05) is 24.2 Å². The summed E-state index contributed by atoms with van der Waals surface area (Å²) in [5.41, 5.74) is 1.25. The molecule has 0 amide bonds. The SMILES string of the molecule is OCC1CCCN(c2ccccc2Br)C1. The zero-order valence-electron chi connectivity index (χ0n) is 8.69. The number of halogens is 1. The number of benzene rings is 1. The van der Waals surface area contributed by atoms with Crippen molar-refractivity contribution in [1.29, 1.82) is 0 Å². The number of aliphatic hydroxyl groups excluding tert-OH is 1. The van der Waals surface area contributed by atoms with Gasteiger partial charge in [-0.05, 0) is 46.8 Å². The summed E-state index contributed by atoms with van der Waals surface area (Å²) in [5, 5.41) is 9.19. The Morgan fingerprint density at radius 1 is 1.40 bits per heavy atom. The molecule has 0 saturated carbocycles. The number of rotatable bonds is 2. The zero-order valence-corrected chi connectivity index (χ0v) is 10.3. The third kappa shape index (κ3) is 2.52. The molecule has 2 rings (SSSR count). The zero-order chi connectivity index (χ0) is 10.7. The van der Waals surface area contributed by atoms with Crippen molar-refractivity contribution in [3.63, 3.8) is 0 Å². The summed E-state index contributed by atoms with van der Waals surface area (Å²) in [4.78, 5) is 2.36. The van der Waals surface area contributed by atoms with Crippen LogP contribution in [-0.2, 0) is 0 Å². The lowest BCUT2D eigenvalue weighted by Gasteiger charge is -2.34. The third-order valence-electron chi connectivity index (χ3n) is 2.97. The number of piperidine rings is 1. The van der Waals surface area contributed by atoms with Gasteiger partial charge in [-0.15, -0.1) is 0 Å². The second-order valence-electron chi connectivity index (χ2n) is 4.09. The molecular formula is C12H16BrNO. The summed E-state index contributed by atoms with van der Waals surface area (Å²) in [6.07, 6.45) is 2.32. The lowest BCUT2D eigenvalue weighted by atomic mass is 9.98. The molecule has 1 aliphatic rings.